The van der Waals surface area contributed by atoms with Crippen LogP contribution in [0.5, 0.6) is 0 Å². The van der Waals surface area contributed by atoms with Gasteiger partial charge in [0.25, 0.3) is 0 Å². The van der Waals surface area contributed by atoms with Crippen molar-refractivity contribution in [1.29, 1.82) is 0 Å². The van der Waals surface area contributed by atoms with Crippen LogP contribution in [0.15, 0.2) is 12.2 Å². The van der Waals surface area contributed by atoms with Crippen LogP contribution in [-0.2, 0) is 19.1 Å². The Hall–Kier alpha value is -1.89. The summed E-state index contributed by atoms with van der Waals surface area (Å²) < 4.78 is 6.02. The number of hydrogen-bond donors (Lipinski definition) is 3. The van der Waals surface area contributed by atoms with Gasteiger partial charge in [0.15, 0.2) is 0 Å². The summed E-state index contributed by atoms with van der Waals surface area (Å²) in [7, 11) is 0. The smallest absolute Gasteiger partial charge is 0.326 e. The highest BCUT2D eigenvalue weighted by Gasteiger charge is 2.19. The van der Waals surface area contributed by atoms with Crippen molar-refractivity contribution >= 4 is 17.8 Å². The standard InChI is InChI=1S/C41H78N2O5/c1-3-5-7-9-11-13-14-15-16-18-20-25-29-35-40(45)48-37(31-26-22-19-17-12-10-8-6-4-2)32-27-23-21-24-28-34-39(44)43-38(41(46)47)33-30-36-42/h13-14,37-38H,3-12,15-36,42H2,1-2H3,(H,43,44)(H,46,47)/b14-13-. The number of rotatable bonds is 37. The summed E-state index contributed by atoms with van der Waals surface area (Å²) >= 11 is 0. The molecule has 0 fully saturated rings. The largest absolute Gasteiger partial charge is 0.480 e. The summed E-state index contributed by atoms with van der Waals surface area (Å²) in [5.74, 6) is -1.23. The average molecular weight is 679 g/mol. The highest BCUT2D eigenvalue weighted by molar-refractivity contribution is 5.83. The van der Waals surface area contributed by atoms with E-state index in [1.807, 2.05) is 0 Å². The maximum absolute atomic E-state index is 12.7. The normalized spacial score (nSPS) is 12.7. The highest BCUT2D eigenvalue weighted by atomic mass is 16.5. The Balaban J connectivity index is 4.27. The van der Waals surface area contributed by atoms with Crippen LogP contribution >= 0.6 is 0 Å². The number of esters is 1. The van der Waals surface area contributed by atoms with Crippen LogP contribution in [0.3, 0.4) is 0 Å². The van der Waals surface area contributed by atoms with E-state index < -0.39 is 12.0 Å². The van der Waals surface area contributed by atoms with Gasteiger partial charge in [0.05, 0.1) is 0 Å². The zero-order chi connectivity index (χ0) is 35.3. The van der Waals surface area contributed by atoms with E-state index >= 15 is 0 Å². The number of nitrogens with two attached hydrogens (primary N) is 1. The van der Waals surface area contributed by atoms with Crippen molar-refractivity contribution in [2.24, 2.45) is 5.73 Å². The maximum atomic E-state index is 12.7. The number of carbonyl (C=O) groups excluding carboxylic acids is 2. The van der Waals surface area contributed by atoms with Crippen LogP contribution in [0.2, 0.25) is 0 Å². The number of unbranched alkanes of at least 4 members (excludes halogenated alkanes) is 21. The lowest BCUT2D eigenvalue weighted by molar-refractivity contribution is -0.150. The molecule has 0 rings (SSSR count). The molecule has 1 amide bonds. The molecule has 0 heterocycles. The third-order valence-electron chi connectivity index (χ3n) is 9.33. The van der Waals surface area contributed by atoms with Crippen molar-refractivity contribution in [3.8, 4) is 0 Å². The van der Waals surface area contributed by atoms with E-state index in [4.69, 9.17) is 10.5 Å². The van der Waals surface area contributed by atoms with Crippen molar-refractivity contribution in [2.45, 2.75) is 225 Å². The van der Waals surface area contributed by atoms with Crippen molar-refractivity contribution in [1.82, 2.24) is 5.32 Å². The average Bonchev–Trinajstić information content (AvgIpc) is 3.07. The highest BCUT2D eigenvalue weighted by Crippen LogP contribution is 2.19. The molecule has 0 spiro atoms. The summed E-state index contributed by atoms with van der Waals surface area (Å²) in [6, 6.07) is -0.853. The van der Waals surface area contributed by atoms with Crippen LogP contribution in [0.1, 0.15) is 213 Å². The molecule has 0 aromatic rings. The first-order valence-electron chi connectivity index (χ1n) is 20.5. The molecule has 7 nitrogen and oxygen atoms in total. The molecule has 0 aromatic carbocycles. The third kappa shape index (κ3) is 32.6. The lowest BCUT2D eigenvalue weighted by atomic mass is 10.0. The zero-order valence-corrected chi connectivity index (χ0v) is 31.6. The first-order chi connectivity index (χ1) is 23.4. The molecular formula is C41H78N2O5. The van der Waals surface area contributed by atoms with Crippen LogP contribution in [0, 0.1) is 0 Å². The van der Waals surface area contributed by atoms with Crippen LogP contribution in [0.25, 0.3) is 0 Å². The number of amides is 1. The molecule has 0 saturated heterocycles. The summed E-state index contributed by atoms with van der Waals surface area (Å²) in [6.45, 7) is 4.93. The van der Waals surface area contributed by atoms with Crippen molar-refractivity contribution < 1.29 is 24.2 Å². The molecule has 282 valence electrons. The number of allylic oxidation sites excluding steroid dienone is 2. The van der Waals surface area contributed by atoms with E-state index in [-0.39, 0.29) is 18.0 Å². The molecule has 48 heavy (non-hydrogen) atoms. The molecule has 7 heteroatoms. The Morgan fingerprint density at radius 3 is 1.52 bits per heavy atom. The van der Waals surface area contributed by atoms with Crippen molar-refractivity contribution in [3.05, 3.63) is 12.2 Å². The molecule has 0 bridgehead atoms. The first kappa shape index (κ1) is 46.1. The molecule has 0 aromatic heterocycles. The minimum Gasteiger partial charge on any atom is -0.480 e. The van der Waals surface area contributed by atoms with Crippen molar-refractivity contribution in [3.63, 3.8) is 0 Å². The summed E-state index contributed by atoms with van der Waals surface area (Å²) in [4.78, 5) is 36.2. The number of nitrogens with one attached hydrogen (secondary N) is 1. The predicted octanol–water partition coefficient (Wildman–Crippen LogP) is 11.1. The molecule has 0 aliphatic carbocycles. The van der Waals surface area contributed by atoms with Gasteiger partial charge >= 0.3 is 11.9 Å². The number of hydrogen-bond acceptors (Lipinski definition) is 5. The fraction of sp³-hybridized carbons (Fsp3) is 0.878. The number of ether oxygens (including phenoxy) is 1. The second-order valence-electron chi connectivity index (χ2n) is 14.1. The third-order valence-corrected chi connectivity index (χ3v) is 9.33. The van der Waals surface area contributed by atoms with Gasteiger partial charge in [0.2, 0.25) is 5.91 Å². The lowest BCUT2D eigenvalue weighted by Crippen LogP contribution is -2.40. The van der Waals surface area contributed by atoms with E-state index in [0.717, 1.165) is 64.2 Å². The zero-order valence-electron chi connectivity index (χ0n) is 31.6. The Labute approximate surface area is 296 Å². The fourth-order valence-corrected chi connectivity index (χ4v) is 6.21. The SMILES string of the molecule is CCCCCC/C=C\CCCCCCCC(=O)OC(CCCCCCCCCCC)CCCCCCCC(=O)NC(CCCN)C(=O)O. The van der Waals surface area contributed by atoms with Gasteiger partial charge < -0.3 is 20.9 Å². The molecule has 0 aliphatic rings. The molecule has 0 aliphatic heterocycles. The van der Waals surface area contributed by atoms with Gasteiger partial charge in [-0.25, -0.2) is 4.79 Å². The van der Waals surface area contributed by atoms with Gasteiger partial charge in [-0.3, -0.25) is 9.59 Å². The van der Waals surface area contributed by atoms with E-state index in [1.165, 1.54) is 109 Å². The minimum absolute atomic E-state index is 0.0167. The van der Waals surface area contributed by atoms with E-state index in [0.29, 0.717) is 32.2 Å². The van der Waals surface area contributed by atoms with Crippen molar-refractivity contribution in [2.75, 3.05) is 6.54 Å². The summed E-state index contributed by atoms with van der Waals surface area (Å²) in [6.07, 6.45) is 38.2. The first-order valence-corrected chi connectivity index (χ1v) is 20.5. The van der Waals surface area contributed by atoms with Crippen LogP contribution in [0.4, 0.5) is 0 Å². The van der Waals surface area contributed by atoms with Crippen LogP contribution < -0.4 is 11.1 Å². The molecular weight excluding hydrogens is 600 g/mol. The minimum atomic E-state index is -1.00. The number of aliphatic carboxylic acids is 1. The van der Waals surface area contributed by atoms with E-state index in [1.54, 1.807) is 0 Å². The number of carboxylic acids is 1. The van der Waals surface area contributed by atoms with Gasteiger partial charge in [-0.1, -0.05) is 135 Å². The Morgan fingerprint density at radius 2 is 1.02 bits per heavy atom. The Kier molecular flexibility index (Phi) is 35.0. The van der Waals surface area contributed by atoms with Crippen LogP contribution in [-0.4, -0.2) is 41.6 Å². The van der Waals surface area contributed by atoms with Gasteiger partial charge in [0.1, 0.15) is 12.1 Å². The second-order valence-corrected chi connectivity index (χ2v) is 14.1. The van der Waals surface area contributed by atoms with E-state index in [9.17, 15) is 19.5 Å². The molecule has 0 saturated carbocycles. The summed E-state index contributed by atoms with van der Waals surface area (Å²) in [5, 5.41) is 11.9. The van der Waals surface area contributed by atoms with E-state index in [2.05, 4.69) is 31.3 Å². The summed E-state index contributed by atoms with van der Waals surface area (Å²) in [5.41, 5.74) is 5.47. The monoisotopic (exact) mass is 679 g/mol. The second kappa shape index (κ2) is 36.4. The molecule has 0 radical (unpaired) electrons. The predicted molar refractivity (Wildman–Crippen MR) is 202 cm³/mol. The quantitative estimate of drug-likeness (QED) is 0.0342. The maximum Gasteiger partial charge on any atom is 0.326 e. The topological polar surface area (TPSA) is 119 Å². The lowest BCUT2D eigenvalue weighted by Gasteiger charge is -2.18. The fourth-order valence-electron chi connectivity index (χ4n) is 6.21. The molecule has 2 atom stereocenters. The van der Waals surface area contributed by atoms with Gasteiger partial charge in [-0.05, 0) is 83.6 Å². The van der Waals surface area contributed by atoms with Gasteiger partial charge in [-0.15, -0.1) is 0 Å². The number of carboxylic acid groups (broad SMARTS) is 1. The Morgan fingerprint density at radius 1 is 0.583 bits per heavy atom. The van der Waals surface area contributed by atoms with Gasteiger partial charge in [0, 0.05) is 12.8 Å². The molecule has 2 unspecified atom stereocenters. The van der Waals surface area contributed by atoms with Gasteiger partial charge in [-0.2, -0.15) is 0 Å². The Bertz CT molecular complexity index is 772. The number of carbonyl (C=O) groups is 3. The molecule has 4 N–H and O–H groups in total.